The van der Waals surface area contributed by atoms with Gasteiger partial charge in [0.25, 0.3) is 0 Å². The number of guanidine groups is 1. The minimum atomic E-state index is 0.131. The zero-order valence-electron chi connectivity index (χ0n) is 16.2. The van der Waals surface area contributed by atoms with Gasteiger partial charge in [0, 0.05) is 43.5 Å². The van der Waals surface area contributed by atoms with Gasteiger partial charge < -0.3 is 15.2 Å². The van der Waals surface area contributed by atoms with Crippen LogP contribution in [0.5, 0.6) is 0 Å². The Kier molecular flexibility index (Phi) is 6.72. The lowest BCUT2D eigenvalue weighted by Gasteiger charge is -2.31. The van der Waals surface area contributed by atoms with Gasteiger partial charge in [-0.25, -0.2) is 0 Å². The number of halogens is 1. The van der Waals surface area contributed by atoms with Crippen LogP contribution in [0, 0.1) is 0 Å². The highest BCUT2D eigenvalue weighted by Crippen LogP contribution is 2.41. The minimum Gasteiger partial charge on any atom is -0.356 e. The zero-order valence-corrected chi connectivity index (χ0v) is 17.0. The second-order valence-electron chi connectivity index (χ2n) is 7.14. The molecule has 0 saturated heterocycles. The third-order valence-electron chi connectivity index (χ3n) is 5.47. The summed E-state index contributed by atoms with van der Waals surface area (Å²) < 4.78 is 2.07. The molecule has 1 aliphatic rings. The summed E-state index contributed by atoms with van der Waals surface area (Å²) in [5.74, 6) is 1.83. The molecule has 0 atom stereocenters. The van der Waals surface area contributed by atoms with E-state index in [1.807, 2.05) is 13.1 Å². The van der Waals surface area contributed by atoms with Crippen LogP contribution < -0.4 is 10.6 Å². The molecule has 0 spiro atoms. The molecular weight excluding hydrogens is 360 g/mol. The quantitative estimate of drug-likeness (QED) is 0.564. The predicted molar refractivity (Wildman–Crippen MR) is 110 cm³/mol. The van der Waals surface area contributed by atoms with E-state index in [1.165, 1.54) is 31.2 Å². The second-order valence-corrected chi connectivity index (χ2v) is 7.58. The molecule has 1 aromatic heterocycles. The normalized spacial score (nSPS) is 16.5. The number of benzene rings is 1. The van der Waals surface area contributed by atoms with E-state index in [4.69, 9.17) is 11.6 Å². The van der Waals surface area contributed by atoms with E-state index in [9.17, 15) is 0 Å². The summed E-state index contributed by atoms with van der Waals surface area (Å²) in [7, 11) is 1.81. The van der Waals surface area contributed by atoms with Gasteiger partial charge in [0.05, 0.1) is 0 Å². The maximum atomic E-state index is 6.25. The third-order valence-corrected chi connectivity index (χ3v) is 5.71. The molecule has 0 radical (unpaired) electrons. The molecule has 1 aliphatic carbocycles. The number of hydrogen-bond acceptors (Lipinski definition) is 3. The van der Waals surface area contributed by atoms with E-state index in [-0.39, 0.29) is 5.41 Å². The van der Waals surface area contributed by atoms with Gasteiger partial charge in [0.1, 0.15) is 12.2 Å². The standard InChI is InChI=1S/C20H29ClN6/c1-3-18-26-25-15-27(18)12-11-23-19(22-2)24-14-20(9-4-5-10-20)16-7-6-8-17(21)13-16/h6-8,13,15H,3-5,9-12,14H2,1-2H3,(H2,22,23,24). The molecule has 0 amide bonds. The number of hydrogen-bond donors (Lipinski definition) is 2. The zero-order chi connectivity index (χ0) is 19.1. The molecule has 0 bridgehead atoms. The van der Waals surface area contributed by atoms with Crippen molar-refractivity contribution in [1.29, 1.82) is 0 Å². The second kappa shape index (κ2) is 9.22. The van der Waals surface area contributed by atoms with Gasteiger partial charge in [0.15, 0.2) is 5.96 Å². The van der Waals surface area contributed by atoms with E-state index in [0.29, 0.717) is 0 Å². The fourth-order valence-electron chi connectivity index (χ4n) is 3.95. The van der Waals surface area contributed by atoms with Crippen molar-refractivity contribution < 1.29 is 0 Å². The summed E-state index contributed by atoms with van der Waals surface area (Å²) in [4.78, 5) is 4.38. The van der Waals surface area contributed by atoms with E-state index in [1.54, 1.807) is 6.33 Å². The highest BCUT2D eigenvalue weighted by Gasteiger charge is 2.35. The smallest absolute Gasteiger partial charge is 0.191 e. The summed E-state index contributed by atoms with van der Waals surface area (Å²) in [6.45, 7) is 4.54. The third kappa shape index (κ3) is 4.80. The van der Waals surface area contributed by atoms with E-state index in [0.717, 1.165) is 42.9 Å². The summed E-state index contributed by atoms with van der Waals surface area (Å²) in [5, 5.41) is 15.8. The number of nitrogens with zero attached hydrogens (tertiary/aromatic N) is 4. The number of nitrogens with one attached hydrogen (secondary N) is 2. The van der Waals surface area contributed by atoms with Crippen LogP contribution in [-0.2, 0) is 18.4 Å². The molecule has 3 rings (SSSR count). The molecule has 1 heterocycles. The van der Waals surface area contributed by atoms with Crippen molar-refractivity contribution in [3.8, 4) is 0 Å². The van der Waals surface area contributed by atoms with Crippen LogP contribution in [-0.4, -0.2) is 40.9 Å². The van der Waals surface area contributed by atoms with Gasteiger partial charge in [-0.05, 0) is 30.5 Å². The van der Waals surface area contributed by atoms with E-state index < -0.39 is 0 Å². The van der Waals surface area contributed by atoms with Crippen molar-refractivity contribution in [1.82, 2.24) is 25.4 Å². The van der Waals surface area contributed by atoms with Crippen LogP contribution in [0.3, 0.4) is 0 Å². The molecule has 146 valence electrons. The molecule has 1 fully saturated rings. The molecule has 2 aromatic rings. The van der Waals surface area contributed by atoms with Crippen LogP contribution in [0.4, 0.5) is 0 Å². The fourth-order valence-corrected chi connectivity index (χ4v) is 4.14. The molecule has 6 nitrogen and oxygen atoms in total. The first-order valence-electron chi connectivity index (χ1n) is 9.74. The monoisotopic (exact) mass is 388 g/mol. The lowest BCUT2D eigenvalue weighted by molar-refractivity contribution is 0.431. The Morgan fingerprint density at radius 1 is 1.30 bits per heavy atom. The summed E-state index contributed by atoms with van der Waals surface area (Å²) in [5.41, 5.74) is 1.46. The van der Waals surface area contributed by atoms with Gasteiger partial charge in [0.2, 0.25) is 0 Å². The van der Waals surface area contributed by atoms with Crippen LogP contribution in [0.2, 0.25) is 5.02 Å². The molecule has 0 aliphatic heterocycles. The highest BCUT2D eigenvalue weighted by molar-refractivity contribution is 6.30. The Hall–Kier alpha value is -2.08. The van der Waals surface area contributed by atoms with Crippen LogP contribution in [0.25, 0.3) is 0 Å². The van der Waals surface area contributed by atoms with Gasteiger partial charge in [-0.1, -0.05) is 43.5 Å². The SMILES string of the molecule is CCc1nncn1CCNC(=NC)NCC1(c2cccc(Cl)c2)CCCC1. The summed E-state index contributed by atoms with van der Waals surface area (Å²) in [6, 6.07) is 8.31. The molecule has 1 saturated carbocycles. The predicted octanol–water partition coefficient (Wildman–Crippen LogP) is 3.17. The van der Waals surface area contributed by atoms with Crippen LogP contribution >= 0.6 is 11.6 Å². The first-order chi connectivity index (χ1) is 13.2. The largest absolute Gasteiger partial charge is 0.356 e. The fraction of sp³-hybridized carbons (Fsp3) is 0.550. The van der Waals surface area contributed by atoms with Gasteiger partial charge in [-0.2, -0.15) is 0 Å². The molecule has 1 aromatic carbocycles. The number of aromatic nitrogens is 3. The lowest BCUT2D eigenvalue weighted by atomic mass is 9.79. The van der Waals surface area contributed by atoms with E-state index in [2.05, 4.69) is 55.5 Å². The first kappa shape index (κ1) is 19.7. The van der Waals surface area contributed by atoms with Crippen molar-refractivity contribution in [2.75, 3.05) is 20.1 Å². The molecule has 27 heavy (non-hydrogen) atoms. The Morgan fingerprint density at radius 3 is 2.81 bits per heavy atom. The molecule has 7 heteroatoms. The molecular formula is C20H29ClN6. The summed E-state index contributed by atoms with van der Waals surface area (Å²) in [6.07, 6.45) is 7.54. The van der Waals surface area contributed by atoms with Gasteiger partial charge in [-0.15, -0.1) is 10.2 Å². The first-order valence-corrected chi connectivity index (χ1v) is 10.1. The maximum Gasteiger partial charge on any atom is 0.191 e. The minimum absolute atomic E-state index is 0.131. The van der Waals surface area contributed by atoms with Crippen molar-refractivity contribution in [3.63, 3.8) is 0 Å². The number of aryl methyl sites for hydroxylation is 1. The van der Waals surface area contributed by atoms with E-state index >= 15 is 0 Å². The lowest BCUT2D eigenvalue weighted by Crippen LogP contribution is -2.45. The average Bonchev–Trinajstić information content (AvgIpc) is 3.34. The average molecular weight is 389 g/mol. The summed E-state index contributed by atoms with van der Waals surface area (Å²) >= 11 is 6.25. The van der Waals surface area contributed by atoms with Crippen LogP contribution in [0.15, 0.2) is 35.6 Å². The van der Waals surface area contributed by atoms with Gasteiger partial charge >= 0.3 is 0 Å². The van der Waals surface area contributed by atoms with Crippen molar-refractivity contribution in [3.05, 3.63) is 47.0 Å². The Balaban J connectivity index is 1.57. The van der Waals surface area contributed by atoms with Crippen molar-refractivity contribution >= 4 is 17.6 Å². The van der Waals surface area contributed by atoms with Crippen molar-refractivity contribution in [2.45, 2.75) is 51.0 Å². The molecule has 2 N–H and O–H groups in total. The Labute approximate surface area is 166 Å². The topological polar surface area (TPSA) is 67.1 Å². The number of rotatable bonds is 7. The Bertz CT molecular complexity index is 763. The maximum absolute atomic E-state index is 6.25. The highest BCUT2D eigenvalue weighted by atomic mass is 35.5. The Morgan fingerprint density at radius 2 is 2.11 bits per heavy atom. The molecule has 0 unspecified atom stereocenters. The van der Waals surface area contributed by atoms with Crippen molar-refractivity contribution in [2.24, 2.45) is 4.99 Å². The number of aliphatic imine (C=N–C) groups is 1. The van der Waals surface area contributed by atoms with Crippen LogP contribution in [0.1, 0.15) is 44.0 Å². The van der Waals surface area contributed by atoms with Gasteiger partial charge in [-0.3, -0.25) is 4.99 Å².